The summed E-state index contributed by atoms with van der Waals surface area (Å²) in [6, 6.07) is 3.56. The third-order valence-electron chi connectivity index (χ3n) is 11.3. The van der Waals surface area contributed by atoms with Crippen molar-refractivity contribution in [2.75, 3.05) is 26.7 Å². The van der Waals surface area contributed by atoms with Crippen LogP contribution < -0.4 is 31.9 Å². The fourth-order valence-corrected chi connectivity index (χ4v) is 7.70. The Bertz CT molecular complexity index is 1710. The zero-order valence-corrected chi connectivity index (χ0v) is 39.1. The first-order valence-electron chi connectivity index (χ1n) is 22.8. The van der Waals surface area contributed by atoms with Gasteiger partial charge in [0.2, 0.25) is 29.5 Å². The quantitative estimate of drug-likeness (QED) is 0.0887. The molecule has 2 aliphatic rings. The Hall–Kier alpha value is -5.42. The Labute approximate surface area is 378 Å². The highest BCUT2D eigenvalue weighted by molar-refractivity contribution is 5.96. The number of alkyl carbamates (subject to hydrolysis) is 2. The predicted molar refractivity (Wildman–Crippen MR) is 238 cm³/mol. The van der Waals surface area contributed by atoms with E-state index < -0.39 is 109 Å². The summed E-state index contributed by atoms with van der Waals surface area (Å²) in [5.41, 5.74) is -0.00567. The number of amides is 7. The van der Waals surface area contributed by atoms with Gasteiger partial charge >= 0.3 is 18.2 Å². The smallest absolute Gasteiger partial charge is 0.407 e. The van der Waals surface area contributed by atoms with Gasteiger partial charge in [-0.05, 0) is 70.3 Å². The summed E-state index contributed by atoms with van der Waals surface area (Å²) in [7, 11) is 1.52. The van der Waals surface area contributed by atoms with Crippen LogP contribution in [0.5, 0.6) is 0 Å². The van der Waals surface area contributed by atoms with Gasteiger partial charge in [0.25, 0.3) is 0 Å². The van der Waals surface area contributed by atoms with E-state index in [9.17, 15) is 38.4 Å². The van der Waals surface area contributed by atoms with Crippen LogP contribution in [0.1, 0.15) is 125 Å². The van der Waals surface area contributed by atoms with Crippen LogP contribution in [0, 0.1) is 17.8 Å². The Morgan fingerprint density at radius 3 is 2.16 bits per heavy atom. The minimum Gasteiger partial charge on any atom is -0.460 e. The summed E-state index contributed by atoms with van der Waals surface area (Å²) in [4.78, 5) is 112. The highest BCUT2D eigenvalue weighted by Crippen LogP contribution is 2.28. The minimum absolute atomic E-state index is 0.0478. The van der Waals surface area contributed by atoms with E-state index in [-0.39, 0.29) is 24.9 Å². The lowest BCUT2D eigenvalue weighted by molar-refractivity contribution is -0.157. The molecule has 1 aromatic rings. The van der Waals surface area contributed by atoms with Crippen molar-refractivity contribution >= 4 is 47.7 Å². The molecule has 18 nitrogen and oxygen atoms in total. The number of unbranched alkanes of at least 4 members (excludes halogenated alkanes) is 3. The third-order valence-corrected chi connectivity index (χ3v) is 11.3. The fraction of sp³-hybridized carbons (Fsp3) is 0.696. The summed E-state index contributed by atoms with van der Waals surface area (Å²) in [5, 5.41) is 15.7. The molecule has 64 heavy (non-hydrogen) atoms. The lowest BCUT2D eigenvalue weighted by atomic mass is 9.83. The monoisotopic (exact) mass is 900 g/mol. The first-order chi connectivity index (χ1) is 30.3. The second kappa shape index (κ2) is 26.4. The second-order valence-corrected chi connectivity index (χ2v) is 18.4. The number of esters is 1. The molecule has 6 atom stereocenters. The number of ether oxygens (including phenoxy) is 3. The van der Waals surface area contributed by atoms with Gasteiger partial charge in [0, 0.05) is 12.6 Å². The second-order valence-electron chi connectivity index (χ2n) is 18.4. The zero-order valence-electron chi connectivity index (χ0n) is 39.1. The number of cyclic esters (lactones) is 1. The molecular weight excluding hydrogens is 827 g/mol. The van der Waals surface area contributed by atoms with Crippen molar-refractivity contribution in [3.05, 3.63) is 35.9 Å². The van der Waals surface area contributed by atoms with Crippen molar-refractivity contribution in [3.8, 4) is 0 Å². The molecule has 0 aromatic heterocycles. The topological polar surface area (TPSA) is 240 Å². The van der Waals surface area contributed by atoms with E-state index in [0.29, 0.717) is 31.2 Å². The van der Waals surface area contributed by atoms with Crippen LogP contribution >= 0.6 is 0 Å². The lowest BCUT2D eigenvalue weighted by Crippen LogP contribution is -2.62. The van der Waals surface area contributed by atoms with Crippen LogP contribution in [-0.4, -0.2) is 115 Å². The van der Waals surface area contributed by atoms with E-state index in [4.69, 9.17) is 14.2 Å². The average molecular weight is 900 g/mol. The average Bonchev–Trinajstić information content (AvgIpc) is 3.25. The van der Waals surface area contributed by atoms with Gasteiger partial charge in [0.1, 0.15) is 50.0 Å². The summed E-state index contributed by atoms with van der Waals surface area (Å²) in [6.07, 6.45) is 4.99. The van der Waals surface area contributed by atoms with E-state index in [2.05, 4.69) is 38.8 Å². The maximum absolute atomic E-state index is 14.5. The van der Waals surface area contributed by atoms with Gasteiger partial charge in [-0.3, -0.25) is 28.8 Å². The number of benzene rings is 1. The molecule has 1 aliphatic heterocycles. The molecule has 1 aliphatic carbocycles. The molecule has 1 aromatic carbocycles. The van der Waals surface area contributed by atoms with E-state index >= 15 is 0 Å². The van der Waals surface area contributed by atoms with Crippen LogP contribution in [-0.2, 0) is 49.6 Å². The van der Waals surface area contributed by atoms with Crippen molar-refractivity contribution in [2.24, 2.45) is 17.8 Å². The first-order valence-corrected chi connectivity index (χ1v) is 22.8. The lowest BCUT2D eigenvalue weighted by Gasteiger charge is -2.36. The van der Waals surface area contributed by atoms with Crippen LogP contribution in [0.15, 0.2) is 30.3 Å². The van der Waals surface area contributed by atoms with Crippen molar-refractivity contribution < 1.29 is 52.6 Å². The van der Waals surface area contributed by atoms with Gasteiger partial charge in [-0.2, -0.15) is 0 Å². The van der Waals surface area contributed by atoms with Gasteiger partial charge in [0.05, 0.1) is 12.5 Å². The van der Waals surface area contributed by atoms with Crippen molar-refractivity contribution in [3.63, 3.8) is 0 Å². The molecule has 18 heteroatoms. The Morgan fingerprint density at radius 2 is 1.52 bits per heavy atom. The highest BCUT2D eigenvalue weighted by Gasteiger charge is 2.40. The molecule has 6 N–H and O–H groups in total. The zero-order chi connectivity index (χ0) is 47.4. The van der Waals surface area contributed by atoms with Gasteiger partial charge in [0.15, 0.2) is 0 Å². The molecule has 0 unspecified atom stereocenters. The molecule has 1 heterocycles. The molecule has 1 saturated carbocycles. The molecule has 7 amide bonds. The van der Waals surface area contributed by atoms with E-state index in [1.54, 1.807) is 52.0 Å². The van der Waals surface area contributed by atoms with Crippen molar-refractivity contribution in [1.82, 2.24) is 36.8 Å². The van der Waals surface area contributed by atoms with Crippen molar-refractivity contribution in [1.29, 1.82) is 0 Å². The number of likely N-dealkylation sites (N-methyl/N-ethyl adjacent to an activating group) is 1. The van der Waals surface area contributed by atoms with Crippen LogP contribution in [0.25, 0.3) is 0 Å². The SMILES string of the molecule is CCCCCC[C@H]1OC(=O)CNC(=O)[C@H](COC(=O)NC(C)(C)C)NC(=O)[C@H](CNC(=O)OCc2ccccc2)NC(=O)[C@H](C2CCCCC2)NC(=O)[C@H](CC(C)C)N(C)C(=O)[C@@H]1C. The van der Waals surface area contributed by atoms with Crippen LogP contribution in [0.2, 0.25) is 0 Å². The molecule has 2 fully saturated rings. The fourth-order valence-electron chi connectivity index (χ4n) is 7.70. The standard InChI is InChI=1S/C46H73N7O11/c1-9-10-11-18-23-36-30(4)43(59)53(8)35(24-29(2)3)41(57)51-38(32-21-16-13-17-22-32)42(58)49-33(25-48-44(60)62-27-31-19-14-12-15-20-31)40(56)50-34(39(55)47-26-37(54)64-36)28-63-45(61)52-46(5,6)7/h12,14-15,19-20,29-30,32-36,38H,9-11,13,16-18,21-28H2,1-8H3,(H,47,55)(H,48,60)(H,49,58)(H,50,56)(H,51,57)(H,52,61)/t30-,33+,34+,35+,36-,38+/m1/s1. The summed E-state index contributed by atoms with van der Waals surface area (Å²) < 4.78 is 16.5. The predicted octanol–water partition coefficient (Wildman–Crippen LogP) is 3.99. The number of nitrogens with zero attached hydrogens (tertiary/aromatic N) is 1. The third kappa shape index (κ3) is 18.4. The normalized spacial score (nSPS) is 23.9. The maximum atomic E-state index is 14.5. The van der Waals surface area contributed by atoms with Crippen LogP contribution in [0.3, 0.4) is 0 Å². The minimum atomic E-state index is -1.61. The number of rotatable bonds is 14. The molecule has 1 saturated heterocycles. The molecule has 3 rings (SSSR count). The molecular formula is C46H73N7O11. The maximum Gasteiger partial charge on any atom is 0.407 e. The summed E-state index contributed by atoms with van der Waals surface area (Å²) in [6.45, 7) is 10.7. The van der Waals surface area contributed by atoms with Crippen molar-refractivity contribution in [2.45, 2.75) is 162 Å². The molecule has 0 spiro atoms. The van der Waals surface area contributed by atoms with E-state index in [1.807, 2.05) is 19.9 Å². The van der Waals surface area contributed by atoms with Gasteiger partial charge < -0.3 is 51.0 Å². The van der Waals surface area contributed by atoms with Gasteiger partial charge in [-0.1, -0.05) is 96.6 Å². The number of hydrogen-bond donors (Lipinski definition) is 6. The Morgan fingerprint density at radius 1 is 0.844 bits per heavy atom. The number of nitrogens with one attached hydrogen (secondary N) is 6. The first kappa shape index (κ1) is 52.9. The number of hydrogen-bond acceptors (Lipinski definition) is 11. The number of carbonyl (C=O) groups is 8. The van der Waals surface area contributed by atoms with Gasteiger partial charge in [-0.25, -0.2) is 9.59 Å². The van der Waals surface area contributed by atoms with E-state index in [1.165, 1.54) is 11.9 Å². The Balaban J connectivity index is 2.07. The van der Waals surface area contributed by atoms with Gasteiger partial charge in [-0.15, -0.1) is 0 Å². The van der Waals surface area contributed by atoms with E-state index in [0.717, 1.165) is 38.5 Å². The highest BCUT2D eigenvalue weighted by atomic mass is 16.6. The largest absolute Gasteiger partial charge is 0.460 e. The molecule has 0 bridgehead atoms. The molecule has 0 radical (unpaired) electrons. The molecule has 358 valence electrons. The Kier molecular flexibility index (Phi) is 21.8. The summed E-state index contributed by atoms with van der Waals surface area (Å²) in [5.74, 6) is -5.76. The number of carbonyl (C=O) groups excluding carboxylic acids is 8. The van der Waals surface area contributed by atoms with Crippen LogP contribution in [0.4, 0.5) is 9.59 Å². The summed E-state index contributed by atoms with van der Waals surface area (Å²) >= 11 is 0.